The molecule has 0 unspecified atom stereocenters. The van der Waals surface area contributed by atoms with Gasteiger partial charge in [-0.25, -0.2) is 0 Å². The van der Waals surface area contributed by atoms with Gasteiger partial charge in [0.25, 0.3) is 11.4 Å². The zero-order valence-electron chi connectivity index (χ0n) is 17.8. The highest BCUT2D eigenvalue weighted by molar-refractivity contribution is 6.05. The highest BCUT2D eigenvalue weighted by atomic mass is 16.8. The summed E-state index contributed by atoms with van der Waals surface area (Å²) in [6, 6.07) is 0. The van der Waals surface area contributed by atoms with Crippen molar-refractivity contribution in [3.8, 4) is 0 Å². The third-order valence-electron chi connectivity index (χ3n) is 5.16. The van der Waals surface area contributed by atoms with Crippen LogP contribution in [0.3, 0.4) is 0 Å². The molecule has 0 radical (unpaired) electrons. The van der Waals surface area contributed by atoms with Gasteiger partial charge in [-0.2, -0.15) is 0 Å². The number of carbonyl (C=O) groups is 2. The summed E-state index contributed by atoms with van der Waals surface area (Å²) < 4.78 is 4.55. The zero-order valence-corrected chi connectivity index (χ0v) is 17.8. The molecule has 0 saturated heterocycles. The third-order valence-corrected chi connectivity index (χ3v) is 5.16. The van der Waals surface area contributed by atoms with Crippen LogP contribution in [0.1, 0.15) is 138 Å². The number of unbranched alkanes of at least 4 members (excludes halogenated alkanes) is 12. The first-order valence-electron chi connectivity index (χ1n) is 11.3. The molecule has 1 rings (SSSR count). The van der Waals surface area contributed by atoms with Crippen molar-refractivity contribution < 1.29 is 19.1 Å². The van der Waals surface area contributed by atoms with Gasteiger partial charge in [-0.15, -0.1) is 0 Å². The molecular weight excluding hydrogens is 356 g/mol. The van der Waals surface area contributed by atoms with E-state index in [0.29, 0.717) is 6.42 Å². The SMILES string of the molecule is CCCCCCCCCC(=O)c1no[n+]([O-])c1C(=O)CCCCCCCCC. The number of aromatic nitrogens is 2. The molecule has 0 aliphatic carbocycles. The Kier molecular flexibility index (Phi) is 13.2. The standard InChI is InChI=1S/C22H38N2O4/c1-3-5-7-9-11-13-15-17-19(25)21-22(24(27)28-23-21)20(26)18-16-14-12-10-8-6-4-2/h3-18H2,1-2H3. The maximum atomic E-state index is 12.4. The smallest absolute Gasteiger partial charge is 0.294 e. The van der Waals surface area contributed by atoms with Gasteiger partial charge in [0, 0.05) is 12.8 Å². The summed E-state index contributed by atoms with van der Waals surface area (Å²) in [5.41, 5.74) is -0.298. The van der Waals surface area contributed by atoms with Crippen LogP contribution in [0.2, 0.25) is 0 Å². The summed E-state index contributed by atoms with van der Waals surface area (Å²) in [7, 11) is 0. The maximum absolute atomic E-state index is 12.4. The second-order valence-electron chi connectivity index (χ2n) is 7.72. The molecule has 160 valence electrons. The van der Waals surface area contributed by atoms with Crippen molar-refractivity contribution in [2.45, 2.75) is 117 Å². The second kappa shape index (κ2) is 15.2. The Hall–Kier alpha value is -1.72. The molecule has 1 heterocycles. The Balaban J connectivity index is 2.36. The molecule has 0 aliphatic rings. The molecule has 0 aromatic carbocycles. The summed E-state index contributed by atoms with van der Waals surface area (Å²) in [5, 5.41) is 15.3. The maximum Gasteiger partial charge on any atom is 0.294 e. The van der Waals surface area contributed by atoms with Crippen molar-refractivity contribution in [1.29, 1.82) is 0 Å². The molecule has 0 spiro atoms. The zero-order chi connectivity index (χ0) is 20.6. The lowest BCUT2D eigenvalue weighted by Gasteiger charge is -2.01. The number of rotatable bonds is 18. The number of hydrogen-bond acceptors (Lipinski definition) is 5. The van der Waals surface area contributed by atoms with Gasteiger partial charge < -0.3 is 5.21 Å². The van der Waals surface area contributed by atoms with Crippen molar-refractivity contribution in [2.75, 3.05) is 0 Å². The van der Waals surface area contributed by atoms with E-state index in [1.165, 1.54) is 51.4 Å². The van der Waals surface area contributed by atoms with Gasteiger partial charge in [0.2, 0.25) is 11.6 Å². The van der Waals surface area contributed by atoms with E-state index in [4.69, 9.17) is 0 Å². The summed E-state index contributed by atoms with van der Waals surface area (Å²) >= 11 is 0. The fraction of sp³-hybridized carbons (Fsp3) is 0.818. The lowest BCUT2D eigenvalue weighted by molar-refractivity contribution is -0.803. The Morgan fingerprint density at radius 2 is 1.18 bits per heavy atom. The predicted molar refractivity (Wildman–Crippen MR) is 109 cm³/mol. The molecular formula is C22H38N2O4. The summed E-state index contributed by atoms with van der Waals surface area (Å²) in [4.78, 5) is 24.9. The van der Waals surface area contributed by atoms with Crippen LogP contribution in [0.4, 0.5) is 0 Å². The minimum absolute atomic E-state index is 0.0890. The second-order valence-corrected chi connectivity index (χ2v) is 7.72. The quantitative estimate of drug-likeness (QED) is 0.174. The van der Waals surface area contributed by atoms with Crippen LogP contribution in [0.15, 0.2) is 4.63 Å². The minimum Gasteiger partial charge on any atom is -0.359 e. The number of hydrogen-bond donors (Lipinski definition) is 0. The molecule has 6 heteroatoms. The Morgan fingerprint density at radius 1 is 0.750 bits per heavy atom. The Bertz CT molecular complexity index is 569. The third kappa shape index (κ3) is 9.47. The highest BCUT2D eigenvalue weighted by Crippen LogP contribution is 2.15. The predicted octanol–water partition coefficient (Wildman–Crippen LogP) is 5.95. The van der Waals surface area contributed by atoms with E-state index in [2.05, 4.69) is 23.6 Å². The monoisotopic (exact) mass is 394 g/mol. The van der Waals surface area contributed by atoms with Crippen LogP contribution in [-0.4, -0.2) is 16.7 Å². The Labute approximate surface area is 169 Å². The summed E-state index contributed by atoms with van der Waals surface area (Å²) in [6.45, 7) is 4.37. The number of ketones is 2. The highest BCUT2D eigenvalue weighted by Gasteiger charge is 2.30. The minimum atomic E-state index is -0.340. The fourth-order valence-electron chi connectivity index (χ4n) is 3.39. The first-order chi connectivity index (χ1) is 13.6. The van der Waals surface area contributed by atoms with Crippen molar-refractivity contribution in [1.82, 2.24) is 5.16 Å². The first kappa shape index (κ1) is 24.3. The molecule has 28 heavy (non-hydrogen) atoms. The van der Waals surface area contributed by atoms with Gasteiger partial charge in [0.05, 0.1) is 5.16 Å². The van der Waals surface area contributed by atoms with E-state index in [1.807, 2.05) is 0 Å². The largest absolute Gasteiger partial charge is 0.359 e. The van der Waals surface area contributed by atoms with Crippen LogP contribution in [0.25, 0.3) is 0 Å². The molecule has 1 aromatic heterocycles. The lowest BCUT2D eigenvalue weighted by atomic mass is 10.0. The molecule has 0 saturated carbocycles. The van der Waals surface area contributed by atoms with E-state index in [1.54, 1.807) is 0 Å². The molecule has 0 bridgehead atoms. The van der Waals surface area contributed by atoms with Gasteiger partial charge in [0.1, 0.15) is 0 Å². The Morgan fingerprint density at radius 3 is 1.68 bits per heavy atom. The van der Waals surface area contributed by atoms with Crippen LogP contribution < -0.4 is 4.90 Å². The average molecular weight is 395 g/mol. The van der Waals surface area contributed by atoms with E-state index in [-0.39, 0.29) is 34.3 Å². The van der Waals surface area contributed by atoms with Crippen LogP contribution in [-0.2, 0) is 0 Å². The molecule has 0 fully saturated rings. The van der Waals surface area contributed by atoms with Crippen LogP contribution in [0.5, 0.6) is 0 Å². The van der Waals surface area contributed by atoms with E-state index in [9.17, 15) is 14.8 Å². The van der Waals surface area contributed by atoms with Gasteiger partial charge in [0.15, 0.2) is 0 Å². The fourth-order valence-corrected chi connectivity index (χ4v) is 3.39. The van der Waals surface area contributed by atoms with Crippen LogP contribution in [0, 0.1) is 5.21 Å². The van der Waals surface area contributed by atoms with Gasteiger partial charge in [-0.3, -0.25) is 14.2 Å². The number of carbonyl (C=O) groups excluding carboxylic acids is 2. The molecule has 0 N–H and O–H groups in total. The number of nitrogens with zero attached hydrogens (tertiary/aromatic N) is 2. The van der Waals surface area contributed by atoms with Gasteiger partial charge in [-0.1, -0.05) is 90.9 Å². The van der Waals surface area contributed by atoms with E-state index in [0.717, 1.165) is 38.5 Å². The van der Waals surface area contributed by atoms with Crippen molar-refractivity contribution in [3.63, 3.8) is 0 Å². The van der Waals surface area contributed by atoms with E-state index >= 15 is 0 Å². The van der Waals surface area contributed by atoms with E-state index < -0.39 is 0 Å². The molecule has 0 amide bonds. The molecule has 6 nitrogen and oxygen atoms in total. The van der Waals surface area contributed by atoms with Crippen molar-refractivity contribution in [2.24, 2.45) is 0 Å². The molecule has 0 aliphatic heterocycles. The first-order valence-corrected chi connectivity index (χ1v) is 11.3. The van der Waals surface area contributed by atoms with Crippen molar-refractivity contribution >= 4 is 11.6 Å². The molecule has 0 atom stereocenters. The summed E-state index contributed by atoms with van der Waals surface area (Å²) in [5.74, 6) is -0.609. The number of Topliss-reactive ketones (excluding diaryl/α,β-unsaturated/α-hetero) is 2. The molecule has 1 aromatic rings. The van der Waals surface area contributed by atoms with Gasteiger partial charge >= 0.3 is 0 Å². The van der Waals surface area contributed by atoms with Crippen LogP contribution >= 0.6 is 0 Å². The topological polar surface area (TPSA) is 87.1 Å². The van der Waals surface area contributed by atoms with Crippen molar-refractivity contribution in [3.05, 3.63) is 16.6 Å². The average Bonchev–Trinajstić information content (AvgIpc) is 3.08. The normalized spacial score (nSPS) is 11.1. The van der Waals surface area contributed by atoms with Gasteiger partial charge in [-0.05, 0) is 17.7 Å². The lowest BCUT2D eigenvalue weighted by Crippen LogP contribution is -2.32. The summed E-state index contributed by atoms with van der Waals surface area (Å²) in [6.07, 6.45) is 16.0.